The van der Waals surface area contributed by atoms with Gasteiger partial charge in [-0.2, -0.15) is 0 Å². The summed E-state index contributed by atoms with van der Waals surface area (Å²) >= 11 is 0. The quantitative estimate of drug-likeness (QED) is 0.155. The van der Waals surface area contributed by atoms with Gasteiger partial charge in [-0.25, -0.2) is 0 Å². The van der Waals surface area contributed by atoms with Crippen LogP contribution in [0.4, 0.5) is 0 Å². The summed E-state index contributed by atoms with van der Waals surface area (Å²) in [5.74, 6) is 29.7. The van der Waals surface area contributed by atoms with Gasteiger partial charge in [0.05, 0.1) is 5.57 Å². The standard InChI is InChI=1S/C64H40/c1-9-25-49(26-10-1)41-45-57-58(46-42-50-27-11-2-12-28-50)63(55-37-21-7-22-38-55)64(56-39-23-8-24-40-56)60(48-44-52-31-15-4-16-32-52)62(54-35-19-6-20-36-54)59(47-43-51-29-13-3-14-30-51)61(57)53-33-17-5-18-34-53/h1-40H/b58-57-,61-57?,61-59-,62-59?,62-60-,63-58?,64-60?,64-63-. The molecule has 0 unspecified atom stereocenters. The molecule has 9 rings (SSSR count). The molecule has 0 bridgehead atoms. The lowest BCUT2D eigenvalue weighted by atomic mass is 9.74. The molecule has 0 heteroatoms. The number of hydrogen-bond donors (Lipinski definition) is 0. The molecule has 0 aliphatic heterocycles. The summed E-state index contributed by atoms with van der Waals surface area (Å²) < 4.78 is 0. The summed E-state index contributed by atoms with van der Waals surface area (Å²) in [6.45, 7) is 0. The third-order valence-electron chi connectivity index (χ3n) is 10.7. The lowest BCUT2D eigenvalue weighted by Gasteiger charge is -2.26. The van der Waals surface area contributed by atoms with Crippen molar-refractivity contribution in [3.05, 3.63) is 309 Å². The van der Waals surface area contributed by atoms with Gasteiger partial charge < -0.3 is 0 Å². The Balaban J connectivity index is 1.59. The van der Waals surface area contributed by atoms with E-state index in [1.54, 1.807) is 0 Å². The van der Waals surface area contributed by atoms with Gasteiger partial charge in [0, 0.05) is 61.3 Å². The molecule has 1 aliphatic carbocycles. The molecule has 0 atom stereocenters. The SMILES string of the molecule is C(#Cc1ccccc1)C1=C(C#Cc2ccccc2)/C(c2ccccc2)=C(C#Cc2ccccc2)\C(c2ccccc2)=C(C#Cc2ccccc2)/C(c2ccccc2)=C\1c1ccccc1. The highest BCUT2D eigenvalue weighted by Gasteiger charge is 2.30. The minimum absolute atomic E-state index is 0.756. The highest BCUT2D eigenvalue weighted by Crippen LogP contribution is 2.48. The van der Waals surface area contributed by atoms with Crippen LogP contribution in [-0.2, 0) is 0 Å². The highest BCUT2D eigenvalue weighted by molar-refractivity contribution is 6.18. The third kappa shape index (κ3) is 9.46. The first kappa shape index (κ1) is 40.4. The van der Waals surface area contributed by atoms with Crippen LogP contribution in [0, 0.1) is 47.4 Å². The van der Waals surface area contributed by atoms with Crippen molar-refractivity contribution in [1.82, 2.24) is 0 Å². The first-order valence-corrected chi connectivity index (χ1v) is 21.3. The molecule has 0 heterocycles. The monoisotopic (exact) mass is 808 g/mol. The Morgan fingerprint density at radius 1 is 0.156 bits per heavy atom. The Morgan fingerprint density at radius 3 is 0.641 bits per heavy atom. The van der Waals surface area contributed by atoms with E-state index in [0.717, 1.165) is 89.1 Å². The molecule has 1 aliphatic rings. The van der Waals surface area contributed by atoms with Crippen molar-refractivity contribution in [2.45, 2.75) is 0 Å². The normalized spacial score (nSPS) is 16.8. The smallest absolute Gasteiger partial charge is 0.0503 e. The van der Waals surface area contributed by atoms with E-state index in [2.05, 4.69) is 175 Å². The van der Waals surface area contributed by atoms with E-state index in [1.165, 1.54) is 0 Å². The van der Waals surface area contributed by atoms with Crippen molar-refractivity contribution < 1.29 is 0 Å². The first-order chi connectivity index (χ1) is 31.8. The Labute approximate surface area is 377 Å². The fourth-order valence-electron chi connectivity index (χ4n) is 7.70. The molecule has 8 aromatic carbocycles. The van der Waals surface area contributed by atoms with Crippen LogP contribution in [0.15, 0.2) is 265 Å². The average molecular weight is 809 g/mol. The summed E-state index contributed by atoms with van der Waals surface area (Å²) in [4.78, 5) is 0. The lowest BCUT2D eigenvalue weighted by Crippen LogP contribution is -2.09. The van der Waals surface area contributed by atoms with Gasteiger partial charge in [0.25, 0.3) is 0 Å². The second kappa shape index (κ2) is 20.0. The Kier molecular flexibility index (Phi) is 12.6. The average Bonchev–Trinajstić information content (AvgIpc) is 3.37. The van der Waals surface area contributed by atoms with Crippen LogP contribution in [0.2, 0.25) is 0 Å². The van der Waals surface area contributed by atoms with Gasteiger partial charge in [0.15, 0.2) is 0 Å². The summed E-state index contributed by atoms with van der Waals surface area (Å²) in [6, 6.07) is 82.8. The summed E-state index contributed by atoms with van der Waals surface area (Å²) in [7, 11) is 0. The van der Waals surface area contributed by atoms with Crippen LogP contribution >= 0.6 is 0 Å². The third-order valence-corrected chi connectivity index (χ3v) is 10.7. The minimum Gasteiger partial charge on any atom is -0.0622 e. The van der Waals surface area contributed by atoms with Gasteiger partial charge in [-0.05, 0) is 70.8 Å². The Hall–Kier alpha value is -9.04. The van der Waals surface area contributed by atoms with Crippen molar-refractivity contribution in [2.24, 2.45) is 0 Å². The van der Waals surface area contributed by atoms with E-state index in [-0.39, 0.29) is 0 Å². The second-order valence-corrected chi connectivity index (χ2v) is 14.9. The van der Waals surface area contributed by atoms with E-state index < -0.39 is 0 Å². The molecular formula is C64H40. The molecule has 8 aromatic rings. The topological polar surface area (TPSA) is 0 Å². The second-order valence-electron chi connectivity index (χ2n) is 14.9. The fraction of sp³-hybridized carbons (Fsp3) is 0. The van der Waals surface area contributed by atoms with E-state index in [0.29, 0.717) is 0 Å². The molecule has 0 saturated carbocycles. The molecule has 0 nitrogen and oxygen atoms in total. The maximum absolute atomic E-state index is 3.83. The highest BCUT2D eigenvalue weighted by atomic mass is 14.3. The maximum Gasteiger partial charge on any atom is 0.0503 e. The van der Waals surface area contributed by atoms with Gasteiger partial charge in [0.2, 0.25) is 0 Å². The predicted octanol–water partition coefficient (Wildman–Crippen LogP) is 14.0. The van der Waals surface area contributed by atoms with Crippen LogP contribution in [0.1, 0.15) is 44.5 Å². The molecule has 64 heavy (non-hydrogen) atoms. The van der Waals surface area contributed by atoms with Crippen molar-refractivity contribution in [2.75, 3.05) is 0 Å². The van der Waals surface area contributed by atoms with Crippen molar-refractivity contribution in [3.63, 3.8) is 0 Å². The largest absolute Gasteiger partial charge is 0.0622 e. The number of allylic oxidation sites excluding steroid dienone is 8. The van der Waals surface area contributed by atoms with Crippen LogP contribution in [0.25, 0.3) is 22.3 Å². The van der Waals surface area contributed by atoms with Crippen LogP contribution in [0.3, 0.4) is 0 Å². The zero-order valence-corrected chi connectivity index (χ0v) is 35.1. The zero-order chi connectivity index (χ0) is 43.2. The molecule has 0 saturated heterocycles. The lowest BCUT2D eigenvalue weighted by molar-refractivity contribution is 1.47. The number of benzene rings is 8. The molecule has 296 valence electrons. The molecular weight excluding hydrogens is 769 g/mol. The van der Waals surface area contributed by atoms with E-state index in [4.69, 9.17) is 0 Å². The Bertz CT molecular complexity index is 3290. The van der Waals surface area contributed by atoms with Crippen molar-refractivity contribution in [3.8, 4) is 47.4 Å². The van der Waals surface area contributed by atoms with Gasteiger partial charge in [-0.1, -0.05) is 241 Å². The summed E-state index contributed by atoms with van der Waals surface area (Å²) in [6.07, 6.45) is 0. The van der Waals surface area contributed by atoms with Gasteiger partial charge >= 0.3 is 0 Å². The van der Waals surface area contributed by atoms with Crippen molar-refractivity contribution in [1.29, 1.82) is 0 Å². The zero-order valence-electron chi connectivity index (χ0n) is 35.1. The molecule has 0 fully saturated rings. The van der Waals surface area contributed by atoms with Gasteiger partial charge in [-0.15, -0.1) is 0 Å². The number of rotatable bonds is 4. The molecule has 0 amide bonds. The maximum atomic E-state index is 3.83. The molecule has 0 N–H and O–H groups in total. The molecule has 0 spiro atoms. The van der Waals surface area contributed by atoms with E-state index in [1.807, 2.05) is 115 Å². The van der Waals surface area contributed by atoms with Gasteiger partial charge in [0.1, 0.15) is 0 Å². The van der Waals surface area contributed by atoms with E-state index >= 15 is 0 Å². The van der Waals surface area contributed by atoms with Crippen LogP contribution in [0.5, 0.6) is 0 Å². The van der Waals surface area contributed by atoms with Crippen molar-refractivity contribution >= 4 is 22.3 Å². The van der Waals surface area contributed by atoms with Crippen LogP contribution < -0.4 is 0 Å². The fourth-order valence-corrected chi connectivity index (χ4v) is 7.70. The summed E-state index contributed by atoms with van der Waals surface area (Å²) in [5, 5.41) is 0. The first-order valence-electron chi connectivity index (χ1n) is 21.3. The van der Waals surface area contributed by atoms with Gasteiger partial charge in [-0.3, -0.25) is 0 Å². The molecule has 0 aromatic heterocycles. The minimum atomic E-state index is 0.756. The predicted molar refractivity (Wildman–Crippen MR) is 267 cm³/mol. The number of hydrogen-bond acceptors (Lipinski definition) is 0. The molecule has 0 radical (unpaired) electrons. The van der Waals surface area contributed by atoms with E-state index in [9.17, 15) is 0 Å². The summed E-state index contributed by atoms with van der Waals surface area (Å²) in [5.41, 5.74) is 14.2. The van der Waals surface area contributed by atoms with Crippen LogP contribution in [-0.4, -0.2) is 0 Å². The Morgan fingerprint density at radius 2 is 0.344 bits per heavy atom.